The Balaban J connectivity index is 2.14. The molecular formula is C11H8BrO2S. The first-order chi connectivity index (χ1) is 7.29. The molecule has 0 unspecified atom stereocenters. The predicted molar refractivity (Wildman–Crippen MR) is 63.9 cm³/mol. The van der Waals surface area contributed by atoms with Gasteiger partial charge in [0.05, 0.1) is 17.0 Å². The Bertz CT molecular complexity index is 436. The Hall–Kier alpha value is -1.00. The van der Waals surface area contributed by atoms with Crippen molar-refractivity contribution in [1.29, 1.82) is 0 Å². The normalized spacial score (nSPS) is 10.0. The van der Waals surface area contributed by atoms with Crippen LogP contribution in [0.1, 0.15) is 0 Å². The maximum atomic E-state index is 5.63. The average Bonchev–Trinajstić information content (AvgIpc) is 2.66. The molecule has 0 aliphatic carbocycles. The first-order valence-electron chi connectivity index (χ1n) is 4.26. The molecule has 0 fully saturated rings. The maximum Gasteiger partial charge on any atom is 0.152 e. The monoisotopic (exact) mass is 283 g/mol. The van der Waals surface area contributed by atoms with E-state index in [2.05, 4.69) is 21.3 Å². The molecule has 2 aromatic rings. The van der Waals surface area contributed by atoms with Crippen molar-refractivity contribution in [1.82, 2.24) is 0 Å². The molecule has 0 amide bonds. The van der Waals surface area contributed by atoms with Gasteiger partial charge in [0, 0.05) is 5.38 Å². The molecule has 4 heteroatoms. The Kier molecular flexibility index (Phi) is 3.28. The molecule has 1 radical (unpaired) electrons. The molecule has 1 aromatic heterocycles. The van der Waals surface area contributed by atoms with Crippen molar-refractivity contribution < 1.29 is 9.47 Å². The van der Waals surface area contributed by atoms with E-state index in [-0.39, 0.29) is 0 Å². The number of hydrogen-bond acceptors (Lipinski definition) is 3. The fraction of sp³-hybridized carbons (Fsp3) is 0.0909. The van der Waals surface area contributed by atoms with Crippen molar-refractivity contribution in [3.63, 3.8) is 0 Å². The molecule has 0 N–H and O–H groups in total. The summed E-state index contributed by atoms with van der Waals surface area (Å²) in [6.07, 6.45) is 0. The van der Waals surface area contributed by atoms with Gasteiger partial charge in [0.15, 0.2) is 5.75 Å². The Labute approximate surface area is 101 Å². The summed E-state index contributed by atoms with van der Waals surface area (Å²) in [6.45, 7) is 0. The molecule has 0 aliphatic rings. The highest BCUT2D eigenvalue weighted by molar-refractivity contribution is 9.10. The topological polar surface area (TPSA) is 18.5 Å². The van der Waals surface area contributed by atoms with Gasteiger partial charge in [-0.05, 0) is 40.2 Å². The third-order valence-corrected chi connectivity index (χ3v) is 3.32. The first-order valence-corrected chi connectivity index (χ1v) is 5.93. The zero-order valence-electron chi connectivity index (χ0n) is 7.99. The predicted octanol–water partition coefficient (Wildman–Crippen LogP) is 4.11. The Morgan fingerprint density at radius 1 is 1.20 bits per heavy atom. The Morgan fingerprint density at radius 3 is 2.40 bits per heavy atom. The van der Waals surface area contributed by atoms with Gasteiger partial charge < -0.3 is 9.47 Å². The molecule has 0 spiro atoms. The van der Waals surface area contributed by atoms with E-state index >= 15 is 0 Å². The van der Waals surface area contributed by atoms with E-state index in [1.165, 1.54) is 11.3 Å². The second-order valence-corrected chi connectivity index (χ2v) is 4.26. The molecule has 77 valence electrons. The van der Waals surface area contributed by atoms with Crippen LogP contribution in [-0.4, -0.2) is 7.11 Å². The van der Waals surface area contributed by atoms with E-state index in [1.807, 2.05) is 29.6 Å². The highest BCUT2D eigenvalue weighted by atomic mass is 79.9. The summed E-state index contributed by atoms with van der Waals surface area (Å²) in [5.74, 6) is 2.38. The third-order valence-electron chi connectivity index (χ3n) is 1.82. The molecule has 0 aliphatic heterocycles. The number of halogens is 1. The minimum absolute atomic E-state index is 0.781. The summed E-state index contributed by atoms with van der Waals surface area (Å²) >= 11 is 4.83. The molecule has 2 rings (SSSR count). The van der Waals surface area contributed by atoms with Crippen molar-refractivity contribution in [3.05, 3.63) is 39.5 Å². The summed E-state index contributed by atoms with van der Waals surface area (Å²) in [5.41, 5.74) is 0. The number of thiophene rings is 1. The largest absolute Gasteiger partial charge is 0.497 e. The second-order valence-electron chi connectivity index (χ2n) is 2.79. The highest BCUT2D eigenvalue weighted by Crippen LogP contribution is 2.32. The number of hydrogen-bond donors (Lipinski definition) is 0. The minimum Gasteiger partial charge on any atom is -0.497 e. The summed E-state index contributed by atoms with van der Waals surface area (Å²) in [4.78, 5) is 0. The van der Waals surface area contributed by atoms with Gasteiger partial charge in [0.1, 0.15) is 11.5 Å². The summed E-state index contributed by atoms with van der Waals surface area (Å²) in [7, 11) is 1.64. The fourth-order valence-corrected chi connectivity index (χ4v) is 2.24. The van der Waals surface area contributed by atoms with Crippen LogP contribution in [-0.2, 0) is 0 Å². The molecule has 0 atom stereocenters. The van der Waals surface area contributed by atoms with Gasteiger partial charge in [0.2, 0.25) is 0 Å². The maximum absolute atomic E-state index is 5.63. The lowest BCUT2D eigenvalue weighted by atomic mass is 10.3. The van der Waals surface area contributed by atoms with Gasteiger partial charge in [-0.15, -0.1) is 11.3 Å². The zero-order valence-corrected chi connectivity index (χ0v) is 10.4. The van der Waals surface area contributed by atoms with E-state index in [1.54, 1.807) is 7.11 Å². The molecular weight excluding hydrogens is 276 g/mol. The number of benzene rings is 1. The van der Waals surface area contributed by atoms with Gasteiger partial charge in [-0.3, -0.25) is 0 Å². The standard InChI is InChI=1S/C11H8BrO2S/c1-13-8-2-4-9(5-3-8)14-11-7-15-6-10(11)12/h2-5,7H,1H3. The summed E-state index contributed by atoms with van der Waals surface area (Å²) < 4.78 is 11.5. The molecule has 0 bridgehead atoms. The van der Waals surface area contributed by atoms with Crippen molar-refractivity contribution in [2.45, 2.75) is 0 Å². The fourth-order valence-electron chi connectivity index (χ4n) is 1.08. The van der Waals surface area contributed by atoms with Crippen LogP contribution in [0, 0.1) is 5.38 Å². The van der Waals surface area contributed by atoms with Gasteiger partial charge >= 0.3 is 0 Å². The SMILES string of the molecule is COc1ccc(Oc2cs[c]c2Br)cc1. The van der Waals surface area contributed by atoms with E-state index in [0.717, 1.165) is 21.7 Å². The van der Waals surface area contributed by atoms with Crippen LogP contribution in [0.25, 0.3) is 0 Å². The minimum atomic E-state index is 0.781. The lowest BCUT2D eigenvalue weighted by molar-refractivity contribution is 0.413. The highest BCUT2D eigenvalue weighted by Gasteiger charge is 2.03. The van der Waals surface area contributed by atoms with Crippen LogP contribution in [0.3, 0.4) is 0 Å². The molecule has 2 nitrogen and oxygen atoms in total. The number of ether oxygens (including phenoxy) is 2. The molecule has 1 aromatic carbocycles. The van der Waals surface area contributed by atoms with Crippen LogP contribution in [0.4, 0.5) is 0 Å². The van der Waals surface area contributed by atoms with Gasteiger partial charge in [-0.2, -0.15) is 0 Å². The lowest BCUT2D eigenvalue weighted by Gasteiger charge is -2.04. The van der Waals surface area contributed by atoms with Gasteiger partial charge in [-0.25, -0.2) is 0 Å². The van der Waals surface area contributed by atoms with Crippen molar-refractivity contribution in [2.24, 2.45) is 0 Å². The summed E-state index contributed by atoms with van der Waals surface area (Å²) in [5, 5.41) is 4.92. The Morgan fingerprint density at radius 2 is 1.87 bits per heavy atom. The van der Waals surface area contributed by atoms with Crippen LogP contribution >= 0.6 is 27.3 Å². The number of rotatable bonds is 3. The average molecular weight is 284 g/mol. The zero-order chi connectivity index (χ0) is 10.7. The van der Waals surface area contributed by atoms with E-state index in [0.29, 0.717) is 0 Å². The smallest absolute Gasteiger partial charge is 0.152 e. The van der Waals surface area contributed by atoms with Gasteiger partial charge in [0.25, 0.3) is 0 Å². The van der Waals surface area contributed by atoms with E-state index in [4.69, 9.17) is 9.47 Å². The van der Waals surface area contributed by atoms with Crippen molar-refractivity contribution in [2.75, 3.05) is 7.11 Å². The lowest BCUT2D eigenvalue weighted by Crippen LogP contribution is -1.84. The third kappa shape index (κ3) is 2.52. The first kappa shape index (κ1) is 10.5. The quantitative estimate of drug-likeness (QED) is 0.844. The molecule has 0 saturated heterocycles. The molecule has 1 heterocycles. The molecule has 0 saturated carbocycles. The van der Waals surface area contributed by atoms with Gasteiger partial charge in [-0.1, -0.05) is 0 Å². The van der Waals surface area contributed by atoms with Crippen LogP contribution in [0.2, 0.25) is 0 Å². The second kappa shape index (κ2) is 4.68. The molecule has 15 heavy (non-hydrogen) atoms. The summed E-state index contributed by atoms with van der Waals surface area (Å²) in [6, 6.07) is 7.45. The number of methoxy groups -OCH3 is 1. The van der Waals surface area contributed by atoms with E-state index < -0.39 is 0 Å². The van der Waals surface area contributed by atoms with E-state index in [9.17, 15) is 0 Å². The van der Waals surface area contributed by atoms with Crippen LogP contribution < -0.4 is 9.47 Å². The van der Waals surface area contributed by atoms with Crippen LogP contribution in [0.15, 0.2) is 34.1 Å². The van der Waals surface area contributed by atoms with Crippen molar-refractivity contribution >= 4 is 27.3 Å². The van der Waals surface area contributed by atoms with Crippen LogP contribution in [0.5, 0.6) is 17.2 Å². The van der Waals surface area contributed by atoms with Crippen molar-refractivity contribution in [3.8, 4) is 17.2 Å².